The summed E-state index contributed by atoms with van der Waals surface area (Å²) in [6.07, 6.45) is 0.690. The van der Waals surface area contributed by atoms with Gasteiger partial charge in [-0.15, -0.1) is 0 Å². The lowest BCUT2D eigenvalue weighted by atomic mass is 9.95. The van der Waals surface area contributed by atoms with E-state index in [0.717, 1.165) is 12.1 Å². The van der Waals surface area contributed by atoms with Crippen LogP contribution in [0.2, 0.25) is 0 Å². The van der Waals surface area contributed by atoms with E-state index in [-0.39, 0.29) is 5.91 Å². The SMILES string of the molecule is C=C(CN)CN1CC(C(C)C)CC1=O. The Morgan fingerprint density at radius 1 is 1.71 bits per heavy atom. The minimum atomic E-state index is 0.248. The van der Waals surface area contributed by atoms with Crippen molar-refractivity contribution in [2.75, 3.05) is 19.6 Å². The molecule has 0 spiro atoms. The summed E-state index contributed by atoms with van der Waals surface area (Å²) in [4.78, 5) is 13.5. The Labute approximate surface area is 86.0 Å². The van der Waals surface area contributed by atoms with Crippen LogP contribution in [0, 0.1) is 11.8 Å². The molecule has 0 aliphatic carbocycles. The van der Waals surface area contributed by atoms with Gasteiger partial charge in [0.1, 0.15) is 0 Å². The summed E-state index contributed by atoms with van der Waals surface area (Å²) in [7, 11) is 0. The molecule has 0 aromatic carbocycles. The van der Waals surface area contributed by atoms with E-state index in [1.54, 1.807) is 0 Å². The van der Waals surface area contributed by atoms with Gasteiger partial charge in [-0.1, -0.05) is 20.4 Å². The normalized spacial score (nSPS) is 22.1. The van der Waals surface area contributed by atoms with Crippen LogP contribution in [0.15, 0.2) is 12.2 Å². The number of nitrogens with two attached hydrogens (primary N) is 1. The lowest BCUT2D eigenvalue weighted by Crippen LogP contribution is -2.29. The first-order chi connectivity index (χ1) is 6.54. The molecule has 1 saturated heterocycles. The van der Waals surface area contributed by atoms with Crippen LogP contribution in [-0.4, -0.2) is 30.4 Å². The summed E-state index contributed by atoms with van der Waals surface area (Å²) in [6.45, 7) is 10.1. The van der Waals surface area contributed by atoms with Crippen LogP contribution in [0.1, 0.15) is 20.3 Å². The molecule has 1 amide bonds. The number of carbonyl (C=O) groups excluding carboxylic acids is 1. The standard InChI is InChI=1S/C11H20N2O/c1-8(2)10-4-11(14)13(7-10)6-9(3)5-12/h8,10H,3-7,12H2,1-2H3. The molecule has 80 valence electrons. The van der Waals surface area contributed by atoms with Crippen LogP contribution in [0.4, 0.5) is 0 Å². The smallest absolute Gasteiger partial charge is 0.223 e. The van der Waals surface area contributed by atoms with Crippen molar-refractivity contribution in [3.8, 4) is 0 Å². The molecule has 0 aromatic heterocycles. The highest BCUT2D eigenvalue weighted by molar-refractivity contribution is 5.78. The topological polar surface area (TPSA) is 46.3 Å². The highest BCUT2D eigenvalue weighted by atomic mass is 16.2. The van der Waals surface area contributed by atoms with Crippen LogP contribution in [-0.2, 0) is 4.79 Å². The van der Waals surface area contributed by atoms with E-state index in [0.29, 0.717) is 31.3 Å². The molecule has 1 heterocycles. The van der Waals surface area contributed by atoms with Crippen molar-refractivity contribution in [1.82, 2.24) is 4.90 Å². The Bertz CT molecular complexity index is 235. The molecule has 1 atom stereocenters. The number of amides is 1. The van der Waals surface area contributed by atoms with Gasteiger partial charge in [-0.25, -0.2) is 0 Å². The fourth-order valence-electron chi connectivity index (χ4n) is 1.74. The average Bonchev–Trinajstić information content (AvgIpc) is 2.48. The summed E-state index contributed by atoms with van der Waals surface area (Å²) < 4.78 is 0. The third kappa shape index (κ3) is 2.58. The van der Waals surface area contributed by atoms with Gasteiger partial charge in [0.25, 0.3) is 0 Å². The second-order valence-corrected chi connectivity index (χ2v) is 4.44. The van der Waals surface area contributed by atoms with Crippen LogP contribution in [0.3, 0.4) is 0 Å². The molecule has 14 heavy (non-hydrogen) atoms. The molecule has 1 rings (SSSR count). The summed E-state index contributed by atoms with van der Waals surface area (Å²) in [5.74, 6) is 1.33. The Hall–Kier alpha value is -0.830. The molecule has 1 fully saturated rings. The van der Waals surface area contributed by atoms with Gasteiger partial charge in [0.2, 0.25) is 5.91 Å². The van der Waals surface area contributed by atoms with Gasteiger partial charge < -0.3 is 10.6 Å². The Balaban J connectivity index is 2.49. The maximum Gasteiger partial charge on any atom is 0.223 e. The fourth-order valence-corrected chi connectivity index (χ4v) is 1.74. The molecule has 1 unspecified atom stereocenters. The first-order valence-corrected chi connectivity index (χ1v) is 5.19. The minimum absolute atomic E-state index is 0.248. The van der Waals surface area contributed by atoms with Crippen molar-refractivity contribution in [2.45, 2.75) is 20.3 Å². The third-order valence-electron chi connectivity index (χ3n) is 2.89. The van der Waals surface area contributed by atoms with Gasteiger partial charge in [-0.05, 0) is 17.4 Å². The van der Waals surface area contributed by atoms with Gasteiger partial charge >= 0.3 is 0 Å². The molecule has 1 aliphatic heterocycles. The van der Waals surface area contributed by atoms with Crippen LogP contribution >= 0.6 is 0 Å². The Kier molecular flexibility index (Phi) is 3.69. The molecule has 0 radical (unpaired) electrons. The number of likely N-dealkylation sites (tertiary alicyclic amines) is 1. The van der Waals surface area contributed by atoms with E-state index in [9.17, 15) is 4.79 Å². The first kappa shape index (κ1) is 11.2. The third-order valence-corrected chi connectivity index (χ3v) is 2.89. The summed E-state index contributed by atoms with van der Waals surface area (Å²) in [5, 5.41) is 0. The summed E-state index contributed by atoms with van der Waals surface area (Å²) in [5.41, 5.74) is 6.39. The highest BCUT2D eigenvalue weighted by Gasteiger charge is 2.30. The minimum Gasteiger partial charge on any atom is -0.338 e. The zero-order valence-electron chi connectivity index (χ0n) is 9.12. The monoisotopic (exact) mass is 196 g/mol. The van der Waals surface area contributed by atoms with Crippen molar-refractivity contribution >= 4 is 5.91 Å². The summed E-state index contributed by atoms with van der Waals surface area (Å²) >= 11 is 0. The molecule has 0 bridgehead atoms. The van der Waals surface area contributed by atoms with Gasteiger partial charge in [-0.3, -0.25) is 4.79 Å². The highest BCUT2D eigenvalue weighted by Crippen LogP contribution is 2.24. The lowest BCUT2D eigenvalue weighted by Gasteiger charge is -2.18. The predicted octanol–water partition coefficient (Wildman–Crippen LogP) is 1.01. The lowest BCUT2D eigenvalue weighted by molar-refractivity contribution is -0.127. The molecule has 3 heteroatoms. The van der Waals surface area contributed by atoms with Gasteiger partial charge in [0.05, 0.1) is 0 Å². The first-order valence-electron chi connectivity index (χ1n) is 5.19. The van der Waals surface area contributed by atoms with E-state index in [1.165, 1.54) is 0 Å². The van der Waals surface area contributed by atoms with Crippen LogP contribution < -0.4 is 5.73 Å². The van der Waals surface area contributed by atoms with Crippen molar-refractivity contribution in [3.63, 3.8) is 0 Å². The molecular weight excluding hydrogens is 176 g/mol. The van der Waals surface area contributed by atoms with Crippen molar-refractivity contribution in [3.05, 3.63) is 12.2 Å². The molecular formula is C11H20N2O. The number of hydrogen-bond acceptors (Lipinski definition) is 2. The number of rotatable bonds is 4. The molecule has 2 N–H and O–H groups in total. The van der Waals surface area contributed by atoms with Crippen molar-refractivity contribution < 1.29 is 4.79 Å². The second kappa shape index (κ2) is 4.60. The van der Waals surface area contributed by atoms with E-state index >= 15 is 0 Å². The van der Waals surface area contributed by atoms with Crippen molar-refractivity contribution in [1.29, 1.82) is 0 Å². The zero-order chi connectivity index (χ0) is 10.7. The molecule has 0 saturated carbocycles. The summed E-state index contributed by atoms with van der Waals surface area (Å²) in [6, 6.07) is 0. The number of nitrogens with zero attached hydrogens (tertiary/aromatic N) is 1. The zero-order valence-corrected chi connectivity index (χ0v) is 9.12. The van der Waals surface area contributed by atoms with Gasteiger partial charge in [0.15, 0.2) is 0 Å². The van der Waals surface area contributed by atoms with E-state index in [1.807, 2.05) is 4.90 Å². The number of hydrogen-bond donors (Lipinski definition) is 1. The van der Waals surface area contributed by atoms with E-state index < -0.39 is 0 Å². The average molecular weight is 196 g/mol. The fraction of sp³-hybridized carbons (Fsp3) is 0.727. The quantitative estimate of drug-likeness (QED) is 0.682. The van der Waals surface area contributed by atoms with Gasteiger partial charge in [0, 0.05) is 26.1 Å². The second-order valence-electron chi connectivity index (χ2n) is 4.44. The Morgan fingerprint density at radius 2 is 2.36 bits per heavy atom. The predicted molar refractivity (Wildman–Crippen MR) is 57.7 cm³/mol. The maximum atomic E-state index is 11.6. The molecule has 1 aliphatic rings. The van der Waals surface area contributed by atoms with Crippen LogP contribution in [0.25, 0.3) is 0 Å². The van der Waals surface area contributed by atoms with E-state index in [4.69, 9.17) is 5.73 Å². The Morgan fingerprint density at radius 3 is 2.79 bits per heavy atom. The van der Waals surface area contributed by atoms with E-state index in [2.05, 4.69) is 20.4 Å². The molecule has 0 aromatic rings. The largest absolute Gasteiger partial charge is 0.338 e. The van der Waals surface area contributed by atoms with Gasteiger partial charge in [-0.2, -0.15) is 0 Å². The molecule has 3 nitrogen and oxygen atoms in total. The van der Waals surface area contributed by atoms with Crippen LogP contribution in [0.5, 0.6) is 0 Å². The number of carbonyl (C=O) groups is 1. The van der Waals surface area contributed by atoms with Crippen molar-refractivity contribution in [2.24, 2.45) is 17.6 Å². The maximum absolute atomic E-state index is 11.6.